The number of aliphatic hydroxyl groups is 1. The second kappa shape index (κ2) is 10.6. The zero-order valence-electron chi connectivity index (χ0n) is 23.0. The van der Waals surface area contributed by atoms with Crippen LogP contribution in [0.25, 0.3) is 0 Å². The molecule has 10 heteroatoms. The highest BCUT2D eigenvalue weighted by Crippen LogP contribution is 2.46. The highest BCUT2D eigenvalue weighted by molar-refractivity contribution is 5.80. The lowest BCUT2D eigenvalue weighted by Gasteiger charge is -2.47. The minimum atomic E-state index is -3.27. The molecule has 3 heterocycles. The minimum absolute atomic E-state index is 0.0222. The maximum atomic E-state index is 15.0. The van der Waals surface area contributed by atoms with Crippen LogP contribution in [0.15, 0.2) is 24.3 Å². The predicted molar refractivity (Wildman–Crippen MR) is 143 cm³/mol. The van der Waals surface area contributed by atoms with Gasteiger partial charge in [0.05, 0.1) is 23.8 Å². The van der Waals surface area contributed by atoms with Gasteiger partial charge in [0.15, 0.2) is 11.6 Å². The number of benzene rings is 1. The van der Waals surface area contributed by atoms with Crippen molar-refractivity contribution >= 4 is 11.6 Å². The molecule has 1 saturated carbocycles. The second-order valence-corrected chi connectivity index (χ2v) is 12.2. The molecular formula is C29H41F3N4O3. The Bertz CT molecular complexity index is 1120. The molecule has 4 N–H and O–H groups in total. The summed E-state index contributed by atoms with van der Waals surface area (Å²) in [5, 5.41) is 26.0. The summed E-state index contributed by atoms with van der Waals surface area (Å²) in [5.74, 6) is -4.91. The quantitative estimate of drug-likeness (QED) is 0.414. The average molecular weight is 551 g/mol. The average Bonchev–Trinajstić information content (AvgIpc) is 3.11. The summed E-state index contributed by atoms with van der Waals surface area (Å²) in [6.07, 6.45) is 2.92. The lowest BCUT2D eigenvalue weighted by molar-refractivity contribution is -0.146. The molecule has 3 saturated heterocycles. The molecule has 1 aliphatic carbocycles. The largest absolute Gasteiger partial charge is 0.503 e. The fraction of sp³-hybridized carbons (Fsp3) is 0.690. The smallest absolute Gasteiger partial charge is 0.286 e. The van der Waals surface area contributed by atoms with Crippen LogP contribution in [0.5, 0.6) is 5.75 Å². The first kappa shape index (κ1) is 28.2. The van der Waals surface area contributed by atoms with Gasteiger partial charge >= 0.3 is 0 Å². The van der Waals surface area contributed by atoms with Crippen LogP contribution in [0.3, 0.4) is 0 Å². The van der Waals surface area contributed by atoms with Gasteiger partial charge in [-0.3, -0.25) is 4.79 Å². The third-order valence-corrected chi connectivity index (χ3v) is 9.41. The van der Waals surface area contributed by atoms with Gasteiger partial charge in [-0.25, -0.2) is 9.82 Å². The van der Waals surface area contributed by atoms with E-state index in [2.05, 4.69) is 17.3 Å². The van der Waals surface area contributed by atoms with Gasteiger partial charge in [-0.05, 0) is 55.7 Å². The Morgan fingerprint density at radius 3 is 2.56 bits per heavy atom. The molecule has 0 bridgehead atoms. The summed E-state index contributed by atoms with van der Waals surface area (Å²) in [6, 6.07) is 2.02. The van der Waals surface area contributed by atoms with Gasteiger partial charge < -0.3 is 25.4 Å². The standard InChI is InChI=1S/C29H41F3N4O3/c1-15(2)18-9-10-22(26(38)25(18)30)36-21-11-12-35(20-8-6-5-7-19(34-36)24(20)21)28(39)17-13-23(37)27(33-14-17)29(31,32)16(3)4/h9-10,15,17,19-21,23-24,27,33-34,37-38H,3,5-8,11-14H2,1-2,4H3. The van der Waals surface area contributed by atoms with Crippen molar-refractivity contribution in [2.45, 2.75) is 101 Å². The van der Waals surface area contributed by atoms with E-state index in [1.807, 2.05) is 23.8 Å². The number of aromatic hydroxyl groups is 1. The highest BCUT2D eigenvalue weighted by Gasteiger charge is 2.54. The van der Waals surface area contributed by atoms with E-state index in [1.165, 1.54) is 6.92 Å². The number of piperidine rings is 2. The number of nitrogens with one attached hydrogen (secondary N) is 2. The molecule has 0 aromatic heterocycles. The Morgan fingerprint density at radius 2 is 1.90 bits per heavy atom. The number of nitrogens with zero attached hydrogens (tertiary/aromatic N) is 2. The number of alkyl halides is 2. The molecule has 3 aliphatic heterocycles. The van der Waals surface area contributed by atoms with Crippen molar-refractivity contribution in [2.75, 3.05) is 18.1 Å². The van der Waals surface area contributed by atoms with Gasteiger partial charge in [0.2, 0.25) is 5.91 Å². The molecule has 4 aliphatic rings. The third-order valence-electron chi connectivity index (χ3n) is 9.41. The Morgan fingerprint density at radius 1 is 1.18 bits per heavy atom. The SMILES string of the molecule is C=C(C)C(F)(F)C1NCC(C(=O)N2CCC3C4C(CCCCC42)NN3c2ccc(C(C)C)c(F)c2O)CC1O. The molecule has 0 spiro atoms. The van der Waals surface area contributed by atoms with Gasteiger partial charge in [0.1, 0.15) is 6.04 Å². The number of phenols is 1. The molecular weight excluding hydrogens is 509 g/mol. The van der Waals surface area contributed by atoms with Crippen molar-refractivity contribution in [3.05, 3.63) is 35.7 Å². The van der Waals surface area contributed by atoms with Gasteiger partial charge in [-0.2, -0.15) is 8.78 Å². The second-order valence-electron chi connectivity index (χ2n) is 12.2. The fourth-order valence-corrected chi connectivity index (χ4v) is 7.32. The normalized spacial score (nSPS) is 33.2. The number of hydrogen-bond donors (Lipinski definition) is 4. The van der Waals surface area contributed by atoms with Crippen LogP contribution in [-0.2, 0) is 4.79 Å². The zero-order chi connectivity index (χ0) is 28.2. The van der Waals surface area contributed by atoms with E-state index < -0.39 is 29.8 Å². The first-order chi connectivity index (χ1) is 18.4. The van der Waals surface area contributed by atoms with Crippen LogP contribution < -0.4 is 15.8 Å². The Hall–Kier alpha value is -2.30. The van der Waals surface area contributed by atoms with Crippen molar-refractivity contribution in [3.63, 3.8) is 0 Å². The number of hydrogen-bond acceptors (Lipinski definition) is 6. The van der Waals surface area contributed by atoms with E-state index in [0.29, 0.717) is 24.2 Å². The van der Waals surface area contributed by atoms with Crippen LogP contribution in [-0.4, -0.2) is 70.3 Å². The molecule has 4 fully saturated rings. The Balaban J connectivity index is 1.35. The zero-order valence-corrected chi connectivity index (χ0v) is 23.0. The number of amides is 1. The van der Waals surface area contributed by atoms with E-state index in [9.17, 15) is 23.8 Å². The number of aliphatic hydroxyl groups excluding tert-OH is 1. The highest BCUT2D eigenvalue weighted by atomic mass is 19.3. The first-order valence-electron chi connectivity index (χ1n) is 14.3. The van der Waals surface area contributed by atoms with Crippen molar-refractivity contribution in [1.82, 2.24) is 15.6 Å². The molecule has 7 unspecified atom stereocenters. The summed E-state index contributed by atoms with van der Waals surface area (Å²) < 4.78 is 44.1. The first-order valence-corrected chi connectivity index (χ1v) is 14.3. The molecule has 1 aromatic rings. The number of halogens is 3. The monoisotopic (exact) mass is 550 g/mol. The van der Waals surface area contributed by atoms with Crippen molar-refractivity contribution in [1.29, 1.82) is 0 Å². The maximum Gasteiger partial charge on any atom is 0.286 e. The summed E-state index contributed by atoms with van der Waals surface area (Å²) in [6.45, 7) is 8.92. The third kappa shape index (κ3) is 4.82. The van der Waals surface area contributed by atoms with Crippen molar-refractivity contribution in [2.24, 2.45) is 11.8 Å². The van der Waals surface area contributed by atoms with E-state index in [0.717, 1.165) is 25.7 Å². The summed E-state index contributed by atoms with van der Waals surface area (Å²) >= 11 is 0. The van der Waals surface area contributed by atoms with Crippen LogP contribution in [0.4, 0.5) is 18.9 Å². The van der Waals surface area contributed by atoms with Crippen LogP contribution in [0.2, 0.25) is 0 Å². The summed E-state index contributed by atoms with van der Waals surface area (Å²) in [5.41, 5.74) is 4.10. The number of rotatable bonds is 5. The minimum Gasteiger partial charge on any atom is -0.503 e. The van der Waals surface area contributed by atoms with E-state index in [-0.39, 0.29) is 60.2 Å². The van der Waals surface area contributed by atoms with Gasteiger partial charge in [-0.15, -0.1) is 0 Å². The Kier molecular flexibility index (Phi) is 7.67. The predicted octanol–water partition coefficient (Wildman–Crippen LogP) is 4.06. The lowest BCUT2D eigenvalue weighted by atomic mass is 9.79. The fourth-order valence-electron chi connectivity index (χ4n) is 7.32. The van der Waals surface area contributed by atoms with Crippen molar-refractivity contribution in [3.8, 4) is 5.75 Å². The number of hydrazine groups is 1. The van der Waals surface area contributed by atoms with Crippen molar-refractivity contribution < 1.29 is 28.2 Å². The molecule has 1 aromatic carbocycles. The van der Waals surface area contributed by atoms with Crippen LogP contribution in [0, 0.1) is 17.7 Å². The topological polar surface area (TPSA) is 88.1 Å². The molecule has 1 amide bonds. The summed E-state index contributed by atoms with van der Waals surface area (Å²) in [7, 11) is 0. The maximum absolute atomic E-state index is 15.0. The molecule has 216 valence electrons. The van der Waals surface area contributed by atoms with Gasteiger partial charge in [-0.1, -0.05) is 39.3 Å². The lowest BCUT2D eigenvalue weighted by Crippen LogP contribution is -2.62. The van der Waals surface area contributed by atoms with Crippen LogP contribution >= 0.6 is 0 Å². The summed E-state index contributed by atoms with van der Waals surface area (Å²) in [4.78, 5) is 15.7. The number of likely N-dealkylation sites (tertiary alicyclic amines) is 1. The van der Waals surface area contributed by atoms with Gasteiger partial charge in [0, 0.05) is 31.1 Å². The molecule has 7 nitrogen and oxygen atoms in total. The van der Waals surface area contributed by atoms with Crippen LogP contribution in [0.1, 0.15) is 70.8 Å². The number of phenolic OH excluding ortho intramolecular Hbond substituents is 1. The molecule has 5 rings (SSSR count). The van der Waals surface area contributed by atoms with E-state index in [1.54, 1.807) is 12.1 Å². The van der Waals surface area contributed by atoms with Gasteiger partial charge in [0.25, 0.3) is 5.92 Å². The number of carbonyl (C=O) groups excluding carboxylic acids is 1. The number of anilines is 1. The van der Waals surface area contributed by atoms with E-state index >= 15 is 4.39 Å². The molecule has 7 atom stereocenters. The number of carbonyl (C=O) groups is 1. The molecule has 0 radical (unpaired) electrons. The molecule has 39 heavy (non-hydrogen) atoms. The Labute approximate surface area is 228 Å². The van der Waals surface area contributed by atoms with E-state index in [4.69, 9.17) is 0 Å².